The predicted octanol–water partition coefficient (Wildman–Crippen LogP) is 5.37. The first-order valence-corrected chi connectivity index (χ1v) is 17.3. The molecule has 2 saturated heterocycles. The Balaban J connectivity index is 1.14. The molecule has 4 heterocycles. The number of nitrogens with one attached hydrogen (secondary N) is 4. The third kappa shape index (κ3) is 7.77. The standard InChI is InChI=1S/C37H50N8O2/c1-5-34-32(35(42-30-12-16-47-17-13-30)33-23-41-45(6-2)36(33)43-34)22-40-37(46)39-21-27-11-10-25(3)31(19-27)29-9-7-8-28(18-29)24-44-15-14-38-20-26(44)4/h7-11,18-19,23,26,30,38H,5-6,12-17,20-22,24H2,1-4H3,(H,42,43)(H2,39,40,46)/t26-/m0/s1. The molecule has 4 aromatic rings. The molecular weight excluding hydrogens is 588 g/mol. The second kappa shape index (κ2) is 15.3. The van der Waals surface area contributed by atoms with Crippen molar-refractivity contribution in [2.75, 3.05) is 38.2 Å². The SMILES string of the molecule is CCc1nc2c(cnn2CC)c(NC2CCOCC2)c1CNC(=O)NCc1ccc(C)c(-c2cccc(CN3CCNC[C@@H]3C)c2)c1. The van der Waals surface area contributed by atoms with Gasteiger partial charge in [-0.05, 0) is 80.0 Å². The summed E-state index contributed by atoms with van der Waals surface area (Å²) in [5, 5.41) is 19.1. The fourth-order valence-electron chi connectivity index (χ4n) is 6.79. The maximum atomic E-state index is 13.2. The van der Waals surface area contributed by atoms with Gasteiger partial charge in [-0.25, -0.2) is 14.5 Å². The van der Waals surface area contributed by atoms with Crippen molar-refractivity contribution in [3.8, 4) is 11.1 Å². The molecular formula is C37H50N8O2. The highest BCUT2D eigenvalue weighted by Crippen LogP contribution is 2.31. The quantitative estimate of drug-likeness (QED) is 0.175. The molecule has 6 rings (SSSR count). The number of pyridine rings is 1. The lowest BCUT2D eigenvalue weighted by atomic mass is 9.96. The average molecular weight is 639 g/mol. The lowest BCUT2D eigenvalue weighted by Gasteiger charge is -2.34. The van der Waals surface area contributed by atoms with Crippen LogP contribution in [0.1, 0.15) is 61.6 Å². The van der Waals surface area contributed by atoms with Gasteiger partial charge < -0.3 is 26.0 Å². The lowest BCUT2D eigenvalue weighted by molar-refractivity contribution is 0.0904. The van der Waals surface area contributed by atoms with E-state index in [1.807, 2.05) is 10.9 Å². The number of carbonyl (C=O) groups is 1. The molecule has 4 N–H and O–H groups in total. The fourth-order valence-corrected chi connectivity index (χ4v) is 6.79. The van der Waals surface area contributed by atoms with Crippen LogP contribution in [0, 0.1) is 6.92 Å². The molecule has 10 heteroatoms. The summed E-state index contributed by atoms with van der Waals surface area (Å²) in [6, 6.07) is 15.9. The van der Waals surface area contributed by atoms with Gasteiger partial charge in [-0.3, -0.25) is 4.90 Å². The molecule has 2 aromatic heterocycles. The number of fused-ring (bicyclic) bond motifs is 1. The van der Waals surface area contributed by atoms with E-state index in [-0.39, 0.29) is 6.03 Å². The van der Waals surface area contributed by atoms with Gasteiger partial charge in [0.25, 0.3) is 0 Å². The number of amides is 2. The number of rotatable bonds is 11. The topological polar surface area (TPSA) is 108 Å². The number of benzene rings is 2. The van der Waals surface area contributed by atoms with E-state index in [9.17, 15) is 4.79 Å². The fraction of sp³-hybridized carbons (Fsp3) is 0.486. The Morgan fingerprint density at radius 3 is 2.68 bits per heavy atom. The molecule has 2 amide bonds. The number of urea groups is 1. The first kappa shape index (κ1) is 32.9. The van der Waals surface area contributed by atoms with Crippen LogP contribution in [0.5, 0.6) is 0 Å². The van der Waals surface area contributed by atoms with E-state index in [2.05, 4.69) is 101 Å². The summed E-state index contributed by atoms with van der Waals surface area (Å²) in [6.45, 7) is 15.8. The average Bonchev–Trinajstić information content (AvgIpc) is 3.51. The van der Waals surface area contributed by atoms with Crippen LogP contribution < -0.4 is 21.3 Å². The summed E-state index contributed by atoms with van der Waals surface area (Å²) < 4.78 is 7.54. The van der Waals surface area contributed by atoms with Gasteiger partial charge >= 0.3 is 6.03 Å². The first-order valence-electron chi connectivity index (χ1n) is 17.3. The van der Waals surface area contributed by atoms with Crippen molar-refractivity contribution in [2.24, 2.45) is 0 Å². The third-order valence-electron chi connectivity index (χ3n) is 9.62. The van der Waals surface area contributed by atoms with Crippen LogP contribution in [-0.4, -0.2) is 70.6 Å². The maximum absolute atomic E-state index is 13.2. The van der Waals surface area contributed by atoms with Crippen LogP contribution >= 0.6 is 0 Å². The van der Waals surface area contributed by atoms with Gasteiger partial charge in [-0.1, -0.05) is 37.3 Å². The number of nitrogens with zero attached hydrogens (tertiary/aromatic N) is 4. The Kier molecular flexibility index (Phi) is 10.7. The zero-order valence-electron chi connectivity index (χ0n) is 28.4. The van der Waals surface area contributed by atoms with Crippen LogP contribution in [0.15, 0.2) is 48.7 Å². The lowest BCUT2D eigenvalue weighted by Crippen LogP contribution is -2.49. The highest BCUT2D eigenvalue weighted by molar-refractivity contribution is 5.92. The van der Waals surface area contributed by atoms with Crippen molar-refractivity contribution in [3.63, 3.8) is 0 Å². The molecule has 2 aliphatic rings. The van der Waals surface area contributed by atoms with E-state index in [0.717, 1.165) is 98.7 Å². The van der Waals surface area contributed by atoms with Gasteiger partial charge in [0.15, 0.2) is 5.65 Å². The number of piperazine rings is 1. The molecule has 2 fully saturated rings. The molecule has 0 bridgehead atoms. The highest BCUT2D eigenvalue weighted by Gasteiger charge is 2.22. The second-order valence-electron chi connectivity index (χ2n) is 12.9. The van der Waals surface area contributed by atoms with Crippen LogP contribution in [0.4, 0.5) is 10.5 Å². The summed E-state index contributed by atoms with van der Waals surface area (Å²) in [6.07, 6.45) is 4.54. The molecule has 2 aliphatic heterocycles. The molecule has 0 radical (unpaired) electrons. The zero-order chi connectivity index (χ0) is 32.8. The largest absolute Gasteiger partial charge is 0.381 e. The molecule has 2 aromatic carbocycles. The Morgan fingerprint density at radius 1 is 1.06 bits per heavy atom. The number of hydrogen-bond acceptors (Lipinski definition) is 7. The maximum Gasteiger partial charge on any atom is 0.315 e. The van der Waals surface area contributed by atoms with E-state index in [4.69, 9.17) is 9.72 Å². The highest BCUT2D eigenvalue weighted by atomic mass is 16.5. The molecule has 0 unspecified atom stereocenters. The van der Waals surface area contributed by atoms with Gasteiger partial charge in [-0.2, -0.15) is 5.10 Å². The number of aromatic nitrogens is 3. The monoisotopic (exact) mass is 638 g/mol. The Morgan fingerprint density at radius 2 is 1.89 bits per heavy atom. The van der Waals surface area contributed by atoms with Crippen LogP contribution in [0.2, 0.25) is 0 Å². The van der Waals surface area contributed by atoms with Gasteiger partial charge in [0, 0.05) is 82.4 Å². The Labute approximate surface area is 278 Å². The van der Waals surface area contributed by atoms with Crippen LogP contribution in [-0.2, 0) is 37.3 Å². The summed E-state index contributed by atoms with van der Waals surface area (Å²) in [4.78, 5) is 20.7. The second-order valence-corrected chi connectivity index (χ2v) is 12.9. The van der Waals surface area contributed by atoms with E-state index in [1.165, 1.54) is 22.3 Å². The van der Waals surface area contributed by atoms with E-state index < -0.39 is 0 Å². The summed E-state index contributed by atoms with van der Waals surface area (Å²) in [7, 11) is 0. The summed E-state index contributed by atoms with van der Waals surface area (Å²) in [5.74, 6) is 0. The number of anilines is 1. The van der Waals surface area contributed by atoms with Crippen LogP contribution in [0.3, 0.4) is 0 Å². The van der Waals surface area contributed by atoms with Crippen molar-refractivity contribution in [3.05, 3.63) is 76.6 Å². The molecule has 10 nitrogen and oxygen atoms in total. The predicted molar refractivity (Wildman–Crippen MR) is 188 cm³/mol. The van der Waals surface area contributed by atoms with E-state index >= 15 is 0 Å². The minimum absolute atomic E-state index is 0.206. The first-order chi connectivity index (χ1) is 22.9. The van der Waals surface area contributed by atoms with Gasteiger partial charge in [0.1, 0.15) is 0 Å². The Bertz CT molecular complexity index is 1680. The molecule has 1 atom stereocenters. The number of aryl methyl sites for hydroxylation is 3. The van der Waals surface area contributed by atoms with Gasteiger partial charge in [-0.15, -0.1) is 0 Å². The Hall–Kier alpha value is -3.99. The van der Waals surface area contributed by atoms with Crippen LogP contribution in [0.25, 0.3) is 22.2 Å². The van der Waals surface area contributed by atoms with Gasteiger partial charge in [0.05, 0.1) is 17.3 Å². The minimum atomic E-state index is -0.206. The summed E-state index contributed by atoms with van der Waals surface area (Å²) >= 11 is 0. The van der Waals surface area contributed by atoms with E-state index in [1.54, 1.807) is 0 Å². The molecule has 47 heavy (non-hydrogen) atoms. The number of ether oxygens (including phenoxy) is 1. The van der Waals surface area contributed by atoms with Gasteiger partial charge in [0.2, 0.25) is 0 Å². The van der Waals surface area contributed by atoms with Crippen molar-refractivity contribution in [2.45, 2.75) is 85.2 Å². The summed E-state index contributed by atoms with van der Waals surface area (Å²) in [5.41, 5.74) is 9.91. The van der Waals surface area contributed by atoms with Crippen molar-refractivity contribution >= 4 is 22.8 Å². The number of carbonyl (C=O) groups excluding carboxylic acids is 1. The van der Waals surface area contributed by atoms with Crippen molar-refractivity contribution in [1.29, 1.82) is 0 Å². The molecule has 0 spiro atoms. The van der Waals surface area contributed by atoms with E-state index in [0.29, 0.717) is 25.2 Å². The number of hydrogen-bond donors (Lipinski definition) is 4. The molecule has 250 valence electrons. The minimum Gasteiger partial charge on any atom is -0.381 e. The third-order valence-corrected chi connectivity index (χ3v) is 9.62. The zero-order valence-corrected chi connectivity index (χ0v) is 28.4. The normalized spacial score (nSPS) is 17.6. The molecule has 0 aliphatic carbocycles. The van der Waals surface area contributed by atoms with Crippen molar-refractivity contribution < 1.29 is 9.53 Å². The molecule has 0 saturated carbocycles. The van der Waals surface area contributed by atoms with Crippen molar-refractivity contribution in [1.82, 2.24) is 35.6 Å². The smallest absolute Gasteiger partial charge is 0.315 e.